The van der Waals surface area contributed by atoms with Gasteiger partial charge < -0.3 is 14.8 Å². The highest BCUT2D eigenvalue weighted by molar-refractivity contribution is 9.10. The third-order valence-corrected chi connectivity index (χ3v) is 3.55. The summed E-state index contributed by atoms with van der Waals surface area (Å²) in [5.41, 5.74) is 0. The first-order chi connectivity index (χ1) is 9.85. The number of nitrogens with one attached hydrogen (secondary N) is 1. The van der Waals surface area contributed by atoms with Gasteiger partial charge in [0.2, 0.25) is 0 Å². The molecule has 0 aliphatic heterocycles. The Morgan fingerprint density at radius 3 is 2.57 bits per heavy atom. The number of rotatable bonds is 6. The zero-order valence-electron chi connectivity index (χ0n) is 12.0. The van der Waals surface area contributed by atoms with E-state index in [0.29, 0.717) is 15.2 Å². The van der Waals surface area contributed by atoms with Crippen molar-refractivity contribution in [3.63, 3.8) is 0 Å². The fourth-order valence-electron chi connectivity index (χ4n) is 1.58. The molecule has 1 unspecified atom stereocenters. The second kappa shape index (κ2) is 8.24. The monoisotopic (exact) mass is 377 g/mol. The molecule has 116 valence electrons. The number of hydrogen-bond donors (Lipinski definition) is 1. The zero-order chi connectivity index (χ0) is 16.0. The summed E-state index contributed by atoms with van der Waals surface area (Å²) in [6, 6.07) is 4.28. The van der Waals surface area contributed by atoms with Gasteiger partial charge in [-0.25, -0.2) is 4.79 Å². The maximum absolute atomic E-state index is 11.8. The van der Waals surface area contributed by atoms with E-state index in [1.807, 2.05) is 13.8 Å². The molecule has 1 atom stereocenters. The van der Waals surface area contributed by atoms with Crippen molar-refractivity contribution in [3.05, 3.63) is 27.7 Å². The van der Waals surface area contributed by atoms with Crippen LogP contribution in [0.4, 0.5) is 0 Å². The van der Waals surface area contributed by atoms with Crippen molar-refractivity contribution in [2.24, 2.45) is 5.92 Å². The summed E-state index contributed by atoms with van der Waals surface area (Å²) < 4.78 is 10.7. The Hall–Kier alpha value is -1.27. The summed E-state index contributed by atoms with van der Waals surface area (Å²) in [4.78, 5) is 23.4. The third kappa shape index (κ3) is 5.55. The Balaban J connectivity index is 2.58. The predicted octanol–water partition coefficient (Wildman–Crippen LogP) is 2.80. The van der Waals surface area contributed by atoms with E-state index < -0.39 is 17.9 Å². The molecular formula is C14H17BrClNO4. The standard InChI is InChI=1S/C14H17BrClNO4/c1-8(2)13(14(19)20-3)17-12(18)7-21-11-5-4-9(16)6-10(11)15/h4-6,8,13H,7H2,1-3H3,(H,17,18). The fraction of sp³-hybridized carbons (Fsp3) is 0.429. The van der Waals surface area contributed by atoms with Gasteiger partial charge in [-0.2, -0.15) is 0 Å². The van der Waals surface area contributed by atoms with Crippen molar-refractivity contribution in [2.75, 3.05) is 13.7 Å². The molecule has 1 aromatic carbocycles. The molecule has 0 saturated carbocycles. The lowest BCUT2D eigenvalue weighted by molar-refractivity contribution is -0.146. The van der Waals surface area contributed by atoms with Gasteiger partial charge >= 0.3 is 5.97 Å². The Bertz CT molecular complexity index is 522. The van der Waals surface area contributed by atoms with Gasteiger partial charge in [-0.1, -0.05) is 25.4 Å². The lowest BCUT2D eigenvalue weighted by Gasteiger charge is -2.19. The first-order valence-corrected chi connectivity index (χ1v) is 7.47. The summed E-state index contributed by atoms with van der Waals surface area (Å²) in [7, 11) is 1.28. The Morgan fingerprint density at radius 2 is 2.05 bits per heavy atom. The van der Waals surface area contributed by atoms with E-state index in [0.717, 1.165) is 0 Å². The minimum absolute atomic E-state index is 0.0799. The highest BCUT2D eigenvalue weighted by atomic mass is 79.9. The third-order valence-electron chi connectivity index (χ3n) is 2.69. The van der Waals surface area contributed by atoms with Crippen LogP contribution in [0.2, 0.25) is 5.02 Å². The lowest BCUT2D eigenvalue weighted by atomic mass is 10.0. The summed E-state index contributed by atoms with van der Waals surface area (Å²) in [6.45, 7) is 3.43. The minimum Gasteiger partial charge on any atom is -0.483 e. The number of carbonyl (C=O) groups excluding carboxylic acids is 2. The van der Waals surface area contributed by atoms with Crippen molar-refractivity contribution in [3.8, 4) is 5.75 Å². The largest absolute Gasteiger partial charge is 0.483 e. The maximum atomic E-state index is 11.8. The van der Waals surface area contributed by atoms with Crippen LogP contribution in [0.15, 0.2) is 22.7 Å². The SMILES string of the molecule is COC(=O)C(NC(=O)COc1ccc(Cl)cc1Br)C(C)C. The Kier molecular flexibility index (Phi) is 6.98. The van der Waals surface area contributed by atoms with Crippen LogP contribution < -0.4 is 10.1 Å². The summed E-state index contributed by atoms with van der Waals surface area (Å²) in [5.74, 6) is -0.468. The summed E-state index contributed by atoms with van der Waals surface area (Å²) in [6.07, 6.45) is 0. The number of methoxy groups -OCH3 is 1. The molecule has 0 aromatic heterocycles. The zero-order valence-corrected chi connectivity index (χ0v) is 14.3. The van der Waals surface area contributed by atoms with E-state index in [2.05, 4.69) is 26.0 Å². The van der Waals surface area contributed by atoms with Gasteiger partial charge in [0, 0.05) is 5.02 Å². The number of ether oxygens (including phenoxy) is 2. The molecule has 1 N–H and O–H groups in total. The Morgan fingerprint density at radius 1 is 1.38 bits per heavy atom. The van der Waals surface area contributed by atoms with Crippen molar-refractivity contribution < 1.29 is 19.1 Å². The molecule has 0 fully saturated rings. The average molecular weight is 379 g/mol. The summed E-state index contributed by atoms with van der Waals surface area (Å²) >= 11 is 9.11. The molecule has 1 amide bonds. The van der Waals surface area contributed by atoms with Gasteiger partial charge in [0.1, 0.15) is 11.8 Å². The van der Waals surface area contributed by atoms with Crippen molar-refractivity contribution in [2.45, 2.75) is 19.9 Å². The van der Waals surface area contributed by atoms with E-state index >= 15 is 0 Å². The topological polar surface area (TPSA) is 64.6 Å². The van der Waals surface area contributed by atoms with E-state index in [9.17, 15) is 9.59 Å². The van der Waals surface area contributed by atoms with E-state index in [1.165, 1.54) is 7.11 Å². The summed E-state index contributed by atoms with van der Waals surface area (Å²) in [5, 5.41) is 3.15. The van der Waals surface area contributed by atoms with Crippen molar-refractivity contribution in [1.29, 1.82) is 0 Å². The molecular weight excluding hydrogens is 362 g/mol. The molecule has 0 heterocycles. The normalized spacial score (nSPS) is 11.9. The molecule has 0 aliphatic rings. The quantitative estimate of drug-likeness (QED) is 0.773. The molecule has 21 heavy (non-hydrogen) atoms. The second-order valence-corrected chi connectivity index (χ2v) is 5.97. The van der Waals surface area contributed by atoms with Crippen molar-refractivity contribution in [1.82, 2.24) is 5.32 Å². The van der Waals surface area contributed by atoms with Crippen LogP contribution in [-0.2, 0) is 14.3 Å². The van der Waals surface area contributed by atoms with Crippen molar-refractivity contribution >= 4 is 39.4 Å². The minimum atomic E-state index is -0.695. The van der Waals surface area contributed by atoms with Crippen LogP contribution in [0.25, 0.3) is 0 Å². The molecule has 1 aromatic rings. The molecule has 0 aliphatic carbocycles. The van der Waals surface area contributed by atoms with Gasteiger partial charge in [-0.3, -0.25) is 4.79 Å². The highest BCUT2D eigenvalue weighted by Gasteiger charge is 2.24. The highest BCUT2D eigenvalue weighted by Crippen LogP contribution is 2.27. The number of benzene rings is 1. The van der Waals surface area contributed by atoms with Crippen LogP contribution in [0.3, 0.4) is 0 Å². The van der Waals surface area contributed by atoms with Gasteiger partial charge in [-0.05, 0) is 40.0 Å². The molecule has 1 rings (SSSR count). The number of carbonyl (C=O) groups is 2. The molecule has 0 spiro atoms. The molecule has 5 nitrogen and oxygen atoms in total. The van der Waals surface area contributed by atoms with Gasteiger partial charge in [0.05, 0.1) is 11.6 Å². The van der Waals surface area contributed by atoms with Crippen LogP contribution >= 0.6 is 27.5 Å². The Labute approximate surface area is 137 Å². The lowest BCUT2D eigenvalue weighted by Crippen LogP contribution is -2.46. The second-order valence-electron chi connectivity index (χ2n) is 4.68. The number of esters is 1. The van der Waals surface area contributed by atoms with E-state index in [1.54, 1.807) is 18.2 Å². The first kappa shape index (κ1) is 17.8. The van der Waals surface area contributed by atoms with E-state index in [-0.39, 0.29) is 12.5 Å². The maximum Gasteiger partial charge on any atom is 0.328 e. The number of halogens is 2. The van der Waals surface area contributed by atoms with Crippen LogP contribution in [0.5, 0.6) is 5.75 Å². The smallest absolute Gasteiger partial charge is 0.328 e. The number of amides is 1. The van der Waals surface area contributed by atoms with Gasteiger partial charge in [0.25, 0.3) is 5.91 Å². The van der Waals surface area contributed by atoms with Crippen LogP contribution in [0, 0.1) is 5.92 Å². The van der Waals surface area contributed by atoms with Crippen LogP contribution in [0.1, 0.15) is 13.8 Å². The van der Waals surface area contributed by atoms with Crippen LogP contribution in [-0.4, -0.2) is 31.6 Å². The molecule has 0 bridgehead atoms. The molecule has 0 saturated heterocycles. The van der Waals surface area contributed by atoms with Gasteiger partial charge in [0.15, 0.2) is 6.61 Å². The average Bonchev–Trinajstić information content (AvgIpc) is 2.42. The molecule has 0 radical (unpaired) electrons. The molecule has 7 heteroatoms. The van der Waals surface area contributed by atoms with E-state index in [4.69, 9.17) is 16.3 Å². The number of hydrogen-bond acceptors (Lipinski definition) is 4. The predicted molar refractivity (Wildman–Crippen MR) is 83.4 cm³/mol. The van der Waals surface area contributed by atoms with Gasteiger partial charge in [-0.15, -0.1) is 0 Å². The fourth-order valence-corrected chi connectivity index (χ4v) is 2.37. The first-order valence-electron chi connectivity index (χ1n) is 6.30.